The summed E-state index contributed by atoms with van der Waals surface area (Å²) in [6.07, 6.45) is 4.47. The summed E-state index contributed by atoms with van der Waals surface area (Å²) >= 11 is 0. The van der Waals surface area contributed by atoms with Crippen LogP contribution in [-0.2, 0) is 13.0 Å². The summed E-state index contributed by atoms with van der Waals surface area (Å²) < 4.78 is 5.35. The van der Waals surface area contributed by atoms with E-state index in [1.165, 1.54) is 5.56 Å². The number of hydrogen-bond donors (Lipinski definition) is 2. The van der Waals surface area contributed by atoms with Crippen molar-refractivity contribution >= 4 is 5.82 Å². The highest BCUT2D eigenvalue weighted by molar-refractivity contribution is 5.60. The van der Waals surface area contributed by atoms with Crippen molar-refractivity contribution in [2.24, 2.45) is 0 Å². The minimum Gasteiger partial charge on any atom is -0.497 e. The van der Waals surface area contributed by atoms with Crippen molar-refractivity contribution < 1.29 is 4.74 Å². The molecule has 3 aromatic rings. The fourth-order valence-electron chi connectivity index (χ4n) is 3.30. The van der Waals surface area contributed by atoms with Gasteiger partial charge in [0.15, 0.2) is 5.82 Å². The molecule has 3 heterocycles. The zero-order valence-electron chi connectivity index (χ0n) is 15.6. The van der Waals surface area contributed by atoms with E-state index < -0.39 is 0 Å². The first kappa shape index (κ1) is 17.4. The number of nitrogens with one attached hydrogen (secondary N) is 2. The maximum absolute atomic E-state index is 5.35. The van der Waals surface area contributed by atoms with Crippen LogP contribution in [0.1, 0.15) is 29.8 Å². The fraction of sp³-hybridized carbons (Fsp3) is 0.286. The van der Waals surface area contributed by atoms with Gasteiger partial charge in [0.1, 0.15) is 11.6 Å². The molecule has 2 aromatic heterocycles. The van der Waals surface area contributed by atoms with Crippen LogP contribution >= 0.6 is 0 Å². The highest BCUT2D eigenvalue weighted by atomic mass is 16.5. The Bertz CT molecular complexity index is 929. The van der Waals surface area contributed by atoms with Crippen molar-refractivity contribution in [1.82, 2.24) is 20.3 Å². The first-order valence-electron chi connectivity index (χ1n) is 9.16. The van der Waals surface area contributed by atoms with Crippen molar-refractivity contribution in [2.75, 3.05) is 19.0 Å². The third-order valence-electron chi connectivity index (χ3n) is 4.80. The Hall–Kier alpha value is -2.99. The smallest absolute Gasteiger partial charge is 0.163 e. The van der Waals surface area contributed by atoms with Gasteiger partial charge < -0.3 is 15.4 Å². The zero-order chi connectivity index (χ0) is 18.6. The van der Waals surface area contributed by atoms with Crippen LogP contribution < -0.4 is 15.4 Å². The van der Waals surface area contributed by atoms with E-state index in [4.69, 9.17) is 14.7 Å². The Kier molecular flexibility index (Phi) is 4.98. The lowest BCUT2D eigenvalue weighted by atomic mass is 10.0. The second-order valence-corrected chi connectivity index (χ2v) is 6.63. The molecule has 2 N–H and O–H groups in total. The van der Waals surface area contributed by atoms with Gasteiger partial charge in [-0.3, -0.25) is 4.98 Å². The first-order chi connectivity index (χ1) is 13.2. The zero-order valence-corrected chi connectivity index (χ0v) is 15.6. The second kappa shape index (κ2) is 7.72. The molecule has 0 amide bonds. The maximum atomic E-state index is 5.35. The first-order valence-corrected chi connectivity index (χ1v) is 9.16. The molecule has 0 aliphatic carbocycles. The summed E-state index contributed by atoms with van der Waals surface area (Å²) in [4.78, 5) is 13.8. The fourth-order valence-corrected chi connectivity index (χ4v) is 3.30. The topological polar surface area (TPSA) is 72.0 Å². The molecule has 1 aliphatic heterocycles. The van der Waals surface area contributed by atoms with E-state index in [1.807, 2.05) is 24.3 Å². The maximum Gasteiger partial charge on any atom is 0.163 e. The molecule has 6 nitrogen and oxygen atoms in total. The molecule has 1 atom stereocenters. The van der Waals surface area contributed by atoms with Crippen LogP contribution in [0.2, 0.25) is 0 Å². The monoisotopic (exact) mass is 361 g/mol. The van der Waals surface area contributed by atoms with Gasteiger partial charge in [-0.05, 0) is 49.7 Å². The minimum atomic E-state index is 0.0933. The van der Waals surface area contributed by atoms with Gasteiger partial charge in [0.25, 0.3) is 0 Å². The minimum absolute atomic E-state index is 0.0933. The van der Waals surface area contributed by atoms with Crippen LogP contribution in [0.15, 0.2) is 48.8 Å². The van der Waals surface area contributed by atoms with Crippen molar-refractivity contribution in [3.8, 4) is 17.1 Å². The quantitative estimate of drug-likeness (QED) is 0.726. The van der Waals surface area contributed by atoms with Gasteiger partial charge in [-0.1, -0.05) is 12.1 Å². The molecule has 6 heteroatoms. The molecule has 1 aromatic carbocycles. The largest absolute Gasteiger partial charge is 0.497 e. The average molecular weight is 361 g/mol. The van der Waals surface area contributed by atoms with E-state index in [0.717, 1.165) is 47.9 Å². The molecule has 0 fully saturated rings. The van der Waals surface area contributed by atoms with Gasteiger partial charge >= 0.3 is 0 Å². The molecule has 0 unspecified atom stereocenters. The Morgan fingerprint density at radius 2 is 2.11 bits per heavy atom. The number of hydrogen-bond acceptors (Lipinski definition) is 6. The van der Waals surface area contributed by atoms with E-state index in [-0.39, 0.29) is 6.04 Å². The van der Waals surface area contributed by atoms with Gasteiger partial charge in [-0.2, -0.15) is 0 Å². The van der Waals surface area contributed by atoms with Crippen LogP contribution in [0.5, 0.6) is 5.75 Å². The summed E-state index contributed by atoms with van der Waals surface area (Å²) in [5.41, 5.74) is 4.31. The Balaban J connectivity index is 1.70. The lowest BCUT2D eigenvalue weighted by molar-refractivity contribution is 0.414. The normalized spacial score (nSPS) is 14.3. The van der Waals surface area contributed by atoms with E-state index in [9.17, 15) is 0 Å². The summed E-state index contributed by atoms with van der Waals surface area (Å²) in [5, 5.41) is 6.99. The van der Waals surface area contributed by atoms with Gasteiger partial charge in [-0.15, -0.1) is 0 Å². The number of benzene rings is 1. The Morgan fingerprint density at radius 3 is 2.93 bits per heavy atom. The van der Waals surface area contributed by atoms with E-state index in [0.29, 0.717) is 5.82 Å². The molecule has 0 saturated heterocycles. The van der Waals surface area contributed by atoms with Crippen LogP contribution in [0.4, 0.5) is 5.82 Å². The van der Waals surface area contributed by atoms with Gasteiger partial charge in [-0.25, -0.2) is 9.97 Å². The van der Waals surface area contributed by atoms with Crippen molar-refractivity contribution in [3.63, 3.8) is 0 Å². The summed E-state index contributed by atoms with van der Waals surface area (Å²) in [7, 11) is 1.69. The number of rotatable bonds is 5. The summed E-state index contributed by atoms with van der Waals surface area (Å²) in [6.45, 7) is 3.83. The number of nitrogens with zero attached hydrogens (tertiary/aromatic N) is 3. The SMILES string of the molecule is COc1cccc([C@@H](C)Nc2nc(-c3cccnc3)nc3c2CCNC3)c1. The Morgan fingerprint density at radius 1 is 1.19 bits per heavy atom. The van der Waals surface area contributed by atoms with E-state index in [1.54, 1.807) is 19.5 Å². The van der Waals surface area contributed by atoms with Crippen LogP contribution in [0, 0.1) is 0 Å². The third-order valence-corrected chi connectivity index (χ3v) is 4.80. The molecular weight excluding hydrogens is 338 g/mol. The van der Waals surface area contributed by atoms with E-state index >= 15 is 0 Å². The molecule has 0 bridgehead atoms. The molecule has 0 saturated carbocycles. The number of ether oxygens (including phenoxy) is 1. The van der Waals surface area contributed by atoms with Crippen LogP contribution in [0.25, 0.3) is 11.4 Å². The average Bonchev–Trinajstić information content (AvgIpc) is 2.74. The van der Waals surface area contributed by atoms with Gasteiger partial charge in [0.05, 0.1) is 18.8 Å². The molecule has 1 aliphatic rings. The van der Waals surface area contributed by atoms with Crippen LogP contribution in [0.3, 0.4) is 0 Å². The highest BCUT2D eigenvalue weighted by Gasteiger charge is 2.20. The number of methoxy groups -OCH3 is 1. The second-order valence-electron chi connectivity index (χ2n) is 6.63. The number of aromatic nitrogens is 3. The van der Waals surface area contributed by atoms with Crippen LogP contribution in [-0.4, -0.2) is 28.6 Å². The lowest BCUT2D eigenvalue weighted by Crippen LogP contribution is -2.27. The molecule has 0 radical (unpaired) electrons. The van der Waals surface area contributed by atoms with Gasteiger partial charge in [0.2, 0.25) is 0 Å². The highest BCUT2D eigenvalue weighted by Crippen LogP contribution is 2.28. The molecular formula is C21H23N5O. The van der Waals surface area contributed by atoms with Crippen molar-refractivity contribution in [1.29, 1.82) is 0 Å². The molecule has 4 rings (SSSR count). The summed E-state index contributed by atoms with van der Waals surface area (Å²) in [5.74, 6) is 2.45. The summed E-state index contributed by atoms with van der Waals surface area (Å²) in [6, 6.07) is 12.1. The van der Waals surface area contributed by atoms with E-state index in [2.05, 4.69) is 34.7 Å². The number of fused-ring (bicyclic) bond motifs is 1. The molecule has 0 spiro atoms. The van der Waals surface area contributed by atoms with Crippen molar-refractivity contribution in [3.05, 3.63) is 65.6 Å². The lowest BCUT2D eigenvalue weighted by Gasteiger charge is -2.23. The van der Waals surface area contributed by atoms with Gasteiger partial charge in [0, 0.05) is 30.1 Å². The molecule has 138 valence electrons. The van der Waals surface area contributed by atoms with Crippen molar-refractivity contribution in [2.45, 2.75) is 25.9 Å². The number of anilines is 1. The molecule has 27 heavy (non-hydrogen) atoms. The third kappa shape index (κ3) is 3.75. The Labute approximate surface area is 159 Å². The number of pyridine rings is 1. The standard InChI is InChI=1S/C21H23N5O/c1-14(15-5-3-7-17(11-15)27-2)24-21-18-8-10-23-13-19(18)25-20(26-21)16-6-4-9-22-12-16/h3-7,9,11-12,14,23H,8,10,13H2,1-2H3,(H,24,25,26)/t14-/m1/s1. The predicted molar refractivity (Wildman–Crippen MR) is 106 cm³/mol. The predicted octanol–water partition coefficient (Wildman–Crippen LogP) is 3.37.